The van der Waals surface area contributed by atoms with Crippen LogP contribution in [0.3, 0.4) is 0 Å². The molecule has 2 amide bonds. The van der Waals surface area contributed by atoms with Crippen LogP contribution < -0.4 is 15.0 Å². The third kappa shape index (κ3) is 2.50. The second kappa shape index (κ2) is 5.16. The predicted octanol–water partition coefficient (Wildman–Crippen LogP) is 1.29. The van der Waals surface area contributed by atoms with Crippen LogP contribution >= 0.6 is 0 Å². The molecule has 1 aromatic heterocycles. The molecule has 8 nitrogen and oxygen atoms in total. The maximum Gasteiger partial charge on any atom is 0.346 e. The second-order valence-electron chi connectivity index (χ2n) is 4.44. The van der Waals surface area contributed by atoms with Crippen molar-refractivity contribution < 1.29 is 19.4 Å². The third-order valence-corrected chi connectivity index (χ3v) is 3.04. The van der Waals surface area contributed by atoms with E-state index in [4.69, 9.17) is 9.84 Å². The number of nitrogens with zero attached hydrogens (tertiary/aromatic N) is 2. The summed E-state index contributed by atoms with van der Waals surface area (Å²) in [4.78, 5) is 24.8. The van der Waals surface area contributed by atoms with Crippen molar-refractivity contribution in [3.8, 4) is 5.75 Å². The van der Waals surface area contributed by atoms with Crippen molar-refractivity contribution >= 4 is 23.4 Å². The minimum atomic E-state index is -1.12. The Labute approximate surface area is 119 Å². The molecule has 1 aliphatic heterocycles. The Balaban J connectivity index is 1.89. The molecule has 1 aliphatic rings. The van der Waals surface area contributed by atoms with Gasteiger partial charge in [-0.15, -0.1) is 0 Å². The first kappa shape index (κ1) is 13.0. The van der Waals surface area contributed by atoms with Crippen LogP contribution in [0.1, 0.15) is 0 Å². The summed E-state index contributed by atoms with van der Waals surface area (Å²) in [5.74, 6) is -0.760. The molecule has 0 saturated carbocycles. The second-order valence-corrected chi connectivity index (χ2v) is 4.44. The number of H-pyrrole nitrogens is 1. The lowest BCUT2D eigenvalue weighted by molar-refractivity contribution is -0.144. The largest absolute Gasteiger partial charge is 0.478 e. The molecule has 0 fully saturated rings. The number of carbonyl (C=O) groups excluding carboxylic acids is 1. The van der Waals surface area contributed by atoms with Crippen LogP contribution in [0.2, 0.25) is 0 Å². The summed E-state index contributed by atoms with van der Waals surface area (Å²) in [6.45, 7) is -0.0734. The number of nitrogens with one attached hydrogen (secondary N) is 2. The summed E-state index contributed by atoms with van der Waals surface area (Å²) in [6.07, 6.45) is 1.88. The highest BCUT2D eigenvalue weighted by Crippen LogP contribution is 2.33. The SMILES string of the molecule is O=C(O)C1CN(C(=O)Nc2cn[nH]c2)c2ccccc2O1. The Morgan fingerprint density at radius 2 is 2.24 bits per heavy atom. The van der Waals surface area contributed by atoms with Crippen molar-refractivity contribution in [3.63, 3.8) is 0 Å². The Bertz CT molecular complexity index is 671. The fourth-order valence-corrected chi connectivity index (χ4v) is 2.07. The number of carbonyl (C=O) groups is 2. The lowest BCUT2D eigenvalue weighted by atomic mass is 10.2. The van der Waals surface area contributed by atoms with E-state index in [2.05, 4.69) is 15.5 Å². The maximum absolute atomic E-state index is 12.3. The van der Waals surface area contributed by atoms with Crippen LogP contribution in [0.5, 0.6) is 5.75 Å². The minimum absolute atomic E-state index is 0.0734. The van der Waals surface area contributed by atoms with E-state index in [1.54, 1.807) is 24.3 Å². The Morgan fingerprint density at radius 1 is 1.43 bits per heavy atom. The van der Waals surface area contributed by atoms with Gasteiger partial charge in [-0.25, -0.2) is 9.59 Å². The molecular weight excluding hydrogens is 276 g/mol. The standard InChI is InChI=1S/C13H12N4O4/c18-12(19)11-7-17(9-3-1-2-4-10(9)21-11)13(20)16-8-5-14-15-6-8/h1-6,11H,7H2,(H,14,15)(H,16,20)(H,18,19). The minimum Gasteiger partial charge on any atom is -0.478 e. The van der Waals surface area contributed by atoms with E-state index in [-0.39, 0.29) is 6.54 Å². The van der Waals surface area contributed by atoms with E-state index in [1.165, 1.54) is 17.3 Å². The number of aromatic nitrogens is 2. The number of aromatic amines is 1. The molecule has 1 aromatic carbocycles. The number of hydrogen-bond donors (Lipinski definition) is 3. The quantitative estimate of drug-likeness (QED) is 0.772. The number of carboxylic acids is 1. The lowest BCUT2D eigenvalue weighted by Gasteiger charge is -2.32. The monoisotopic (exact) mass is 288 g/mol. The van der Waals surface area contributed by atoms with Gasteiger partial charge in [-0.05, 0) is 12.1 Å². The molecule has 0 spiro atoms. The van der Waals surface area contributed by atoms with Gasteiger partial charge in [0.05, 0.1) is 24.1 Å². The number of urea groups is 1. The van der Waals surface area contributed by atoms with Gasteiger partial charge in [0, 0.05) is 6.20 Å². The van der Waals surface area contributed by atoms with E-state index in [0.717, 1.165) is 0 Å². The van der Waals surface area contributed by atoms with Crippen molar-refractivity contribution in [3.05, 3.63) is 36.7 Å². The normalized spacial score (nSPS) is 16.8. The smallest absolute Gasteiger partial charge is 0.346 e. The predicted molar refractivity (Wildman–Crippen MR) is 73.4 cm³/mol. The number of para-hydroxylation sites is 2. The zero-order chi connectivity index (χ0) is 14.8. The van der Waals surface area contributed by atoms with Gasteiger partial charge in [-0.3, -0.25) is 10.00 Å². The molecule has 1 atom stereocenters. The highest BCUT2D eigenvalue weighted by Gasteiger charge is 2.33. The van der Waals surface area contributed by atoms with Gasteiger partial charge in [0.15, 0.2) is 0 Å². The van der Waals surface area contributed by atoms with Gasteiger partial charge in [-0.1, -0.05) is 12.1 Å². The van der Waals surface area contributed by atoms with Crippen molar-refractivity contribution in [2.45, 2.75) is 6.10 Å². The molecule has 3 N–H and O–H groups in total. The summed E-state index contributed by atoms with van der Waals surface area (Å²) in [7, 11) is 0. The Morgan fingerprint density at radius 3 is 2.95 bits per heavy atom. The number of rotatable bonds is 2. The molecule has 0 aliphatic carbocycles. The van der Waals surface area contributed by atoms with Gasteiger partial charge in [0.25, 0.3) is 0 Å². The molecule has 2 aromatic rings. The summed E-state index contributed by atoms with van der Waals surface area (Å²) < 4.78 is 5.37. The molecule has 3 rings (SSSR count). The van der Waals surface area contributed by atoms with Gasteiger partial charge in [0.1, 0.15) is 5.75 Å². The fourth-order valence-electron chi connectivity index (χ4n) is 2.07. The topological polar surface area (TPSA) is 108 Å². The fraction of sp³-hybridized carbons (Fsp3) is 0.154. The van der Waals surface area contributed by atoms with Crippen LogP contribution in [-0.4, -0.2) is 40.0 Å². The molecule has 0 bridgehead atoms. The number of fused-ring (bicyclic) bond motifs is 1. The number of ether oxygens (including phenoxy) is 1. The van der Waals surface area contributed by atoms with Crippen LogP contribution in [0.15, 0.2) is 36.7 Å². The van der Waals surface area contributed by atoms with Crippen LogP contribution in [0.4, 0.5) is 16.2 Å². The average molecular weight is 288 g/mol. The van der Waals surface area contributed by atoms with Crippen molar-refractivity contribution in [2.24, 2.45) is 0 Å². The first-order chi connectivity index (χ1) is 10.1. The number of benzene rings is 1. The zero-order valence-electron chi connectivity index (χ0n) is 10.8. The third-order valence-electron chi connectivity index (χ3n) is 3.04. The molecule has 2 heterocycles. The summed E-state index contributed by atoms with van der Waals surface area (Å²) in [6, 6.07) is 6.35. The van der Waals surface area contributed by atoms with Gasteiger partial charge < -0.3 is 15.2 Å². The summed E-state index contributed by atoms with van der Waals surface area (Å²) in [5, 5.41) is 18.1. The van der Waals surface area contributed by atoms with E-state index in [0.29, 0.717) is 17.1 Å². The molecule has 108 valence electrons. The van der Waals surface area contributed by atoms with Crippen molar-refractivity contribution in [1.82, 2.24) is 10.2 Å². The Kier molecular flexibility index (Phi) is 3.19. The molecular formula is C13H12N4O4. The number of amides is 2. The Hall–Kier alpha value is -3.03. The maximum atomic E-state index is 12.3. The van der Waals surface area contributed by atoms with Crippen molar-refractivity contribution in [2.75, 3.05) is 16.8 Å². The average Bonchev–Trinajstić information content (AvgIpc) is 2.98. The first-order valence-corrected chi connectivity index (χ1v) is 6.21. The van der Waals surface area contributed by atoms with Gasteiger partial charge in [-0.2, -0.15) is 5.10 Å². The first-order valence-electron chi connectivity index (χ1n) is 6.21. The zero-order valence-corrected chi connectivity index (χ0v) is 10.8. The van der Waals surface area contributed by atoms with Crippen molar-refractivity contribution in [1.29, 1.82) is 0 Å². The number of carboxylic acid groups (broad SMARTS) is 1. The van der Waals surface area contributed by atoms with Gasteiger partial charge >= 0.3 is 12.0 Å². The molecule has 0 radical (unpaired) electrons. The molecule has 0 saturated heterocycles. The summed E-state index contributed by atoms with van der Waals surface area (Å²) in [5.41, 5.74) is 1.02. The van der Waals surface area contributed by atoms with Crippen LogP contribution in [0.25, 0.3) is 0 Å². The molecule has 21 heavy (non-hydrogen) atoms. The van der Waals surface area contributed by atoms with E-state index in [9.17, 15) is 9.59 Å². The van der Waals surface area contributed by atoms with E-state index >= 15 is 0 Å². The van der Waals surface area contributed by atoms with E-state index < -0.39 is 18.1 Å². The number of hydrogen-bond acceptors (Lipinski definition) is 4. The lowest BCUT2D eigenvalue weighted by Crippen LogP contribution is -2.48. The van der Waals surface area contributed by atoms with Crippen LogP contribution in [-0.2, 0) is 4.79 Å². The summed E-state index contributed by atoms with van der Waals surface area (Å²) >= 11 is 0. The van der Waals surface area contributed by atoms with Gasteiger partial charge in [0.2, 0.25) is 6.10 Å². The highest BCUT2D eigenvalue weighted by molar-refractivity contribution is 6.03. The van der Waals surface area contributed by atoms with Crippen LogP contribution in [0, 0.1) is 0 Å². The highest BCUT2D eigenvalue weighted by atomic mass is 16.5. The molecule has 8 heteroatoms. The number of anilines is 2. The number of aliphatic carboxylic acids is 1. The molecule has 1 unspecified atom stereocenters. The van der Waals surface area contributed by atoms with E-state index in [1.807, 2.05) is 0 Å².